The minimum absolute atomic E-state index is 0.567. The second kappa shape index (κ2) is 5.51. The van der Waals surface area contributed by atoms with Crippen molar-refractivity contribution in [1.29, 1.82) is 0 Å². The molecule has 0 aromatic carbocycles. The predicted octanol–water partition coefficient (Wildman–Crippen LogP) is 0.207. The first-order valence-corrected chi connectivity index (χ1v) is 4.78. The first-order valence-electron chi connectivity index (χ1n) is 4.78. The van der Waals surface area contributed by atoms with Crippen molar-refractivity contribution < 1.29 is 4.74 Å². The fourth-order valence-electron chi connectivity index (χ4n) is 1.93. The van der Waals surface area contributed by atoms with E-state index in [1.54, 1.807) is 7.11 Å². The van der Waals surface area contributed by atoms with Crippen LogP contribution in [0.5, 0.6) is 0 Å². The summed E-state index contributed by atoms with van der Waals surface area (Å²) in [6.07, 6.45) is 2.51. The Balaban J connectivity index is 2.29. The Bertz CT molecular complexity index is 110. The lowest BCUT2D eigenvalue weighted by molar-refractivity contribution is 0.111. The molecule has 0 bridgehead atoms. The normalized spacial score (nSPS) is 22.5. The van der Waals surface area contributed by atoms with Gasteiger partial charge in [-0.25, -0.2) is 0 Å². The lowest BCUT2D eigenvalue weighted by Gasteiger charge is -2.29. The summed E-state index contributed by atoms with van der Waals surface area (Å²) < 4.78 is 5.15. The summed E-state index contributed by atoms with van der Waals surface area (Å²) >= 11 is 0. The largest absolute Gasteiger partial charge is 0.384 e. The molecular formula is C9H20N2O. The van der Waals surface area contributed by atoms with E-state index in [4.69, 9.17) is 10.5 Å². The van der Waals surface area contributed by atoms with Crippen molar-refractivity contribution in [1.82, 2.24) is 5.32 Å². The minimum atomic E-state index is 0.567. The van der Waals surface area contributed by atoms with Crippen LogP contribution >= 0.6 is 0 Å². The van der Waals surface area contributed by atoms with Crippen LogP contribution in [0, 0.1) is 11.8 Å². The Morgan fingerprint density at radius 2 is 2.17 bits per heavy atom. The molecule has 1 rings (SSSR count). The van der Waals surface area contributed by atoms with Crippen molar-refractivity contribution in [2.45, 2.75) is 12.8 Å². The van der Waals surface area contributed by atoms with Gasteiger partial charge in [0.05, 0.1) is 6.61 Å². The summed E-state index contributed by atoms with van der Waals surface area (Å²) in [5.41, 5.74) is 5.69. The molecule has 0 radical (unpaired) electrons. The third-order valence-electron chi connectivity index (χ3n) is 2.73. The van der Waals surface area contributed by atoms with Gasteiger partial charge in [-0.1, -0.05) is 0 Å². The van der Waals surface area contributed by atoms with Gasteiger partial charge in [0.25, 0.3) is 0 Å². The maximum absolute atomic E-state index is 5.69. The van der Waals surface area contributed by atoms with E-state index in [1.807, 2.05) is 0 Å². The van der Waals surface area contributed by atoms with Gasteiger partial charge in [-0.3, -0.25) is 0 Å². The molecule has 1 heterocycles. The Kier molecular flexibility index (Phi) is 4.58. The second-order valence-electron chi connectivity index (χ2n) is 3.54. The molecule has 72 valence electrons. The molecule has 1 aliphatic heterocycles. The van der Waals surface area contributed by atoms with E-state index >= 15 is 0 Å². The SMILES string of the molecule is COCC(CN)C1CCNCC1. The summed E-state index contributed by atoms with van der Waals surface area (Å²) in [6, 6.07) is 0. The molecule has 0 aliphatic carbocycles. The third kappa shape index (κ3) is 2.73. The first-order chi connectivity index (χ1) is 5.88. The summed E-state index contributed by atoms with van der Waals surface area (Å²) in [6.45, 7) is 3.87. The van der Waals surface area contributed by atoms with Gasteiger partial charge >= 0.3 is 0 Å². The van der Waals surface area contributed by atoms with Gasteiger partial charge in [-0.2, -0.15) is 0 Å². The van der Waals surface area contributed by atoms with Gasteiger partial charge in [0, 0.05) is 7.11 Å². The zero-order chi connectivity index (χ0) is 8.81. The standard InChI is InChI=1S/C9H20N2O/c1-12-7-9(6-10)8-2-4-11-5-3-8/h8-9,11H,2-7,10H2,1H3. The average molecular weight is 172 g/mol. The lowest BCUT2D eigenvalue weighted by Crippen LogP contribution is -2.36. The van der Waals surface area contributed by atoms with Crippen LogP contribution in [-0.4, -0.2) is 33.4 Å². The molecule has 3 heteroatoms. The third-order valence-corrected chi connectivity index (χ3v) is 2.73. The maximum Gasteiger partial charge on any atom is 0.0505 e. The van der Waals surface area contributed by atoms with Gasteiger partial charge in [0.15, 0.2) is 0 Å². The van der Waals surface area contributed by atoms with Crippen LogP contribution in [-0.2, 0) is 4.74 Å². The van der Waals surface area contributed by atoms with Gasteiger partial charge in [0.1, 0.15) is 0 Å². The first kappa shape index (κ1) is 9.96. The zero-order valence-corrected chi connectivity index (χ0v) is 7.88. The van der Waals surface area contributed by atoms with Gasteiger partial charge in [-0.15, -0.1) is 0 Å². The lowest BCUT2D eigenvalue weighted by atomic mass is 9.85. The van der Waals surface area contributed by atoms with Crippen LogP contribution in [0.4, 0.5) is 0 Å². The number of piperidine rings is 1. The smallest absolute Gasteiger partial charge is 0.0505 e. The van der Waals surface area contributed by atoms with Gasteiger partial charge < -0.3 is 15.8 Å². The molecule has 0 spiro atoms. The summed E-state index contributed by atoms with van der Waals surface area (Å²) in [7, 11) is 1.75. The van der Waals surface area contributed by atoms with Crippen molar-refractivity contribution >= 4 is 0 Å². The van der Waals surface area contributed by atoms with Crippen LogP contribution in [0.2, 0.25) is 0 Å². The number of nitrogens with one attached hydrogen (secondary N) is 1. The number of hydrogen-bond donors (Lipinski definition) is 2. The highest BCUT2D eigenvalue weighted by atomic mass is 16.5. The molecule has 1 atom stereocenters. The number of rotatable bonds is 4. The quantitative estimate of drug-likeness (QED) is 0.637. The Labute approximate surface area is 74.7 Å². The highest BCUT2D eigenvalue weighted by Crippen LogP contribution is 2.21. The topological polar surface area (TPSA) is 47.3 Å². The average Bonchev–Trinajstić information content (AvgIpc) is 2.15. The van der Waals surface area contributed by atoms with E-state index in [0.29, 0.717) is 5.92 Å². The second-order valence-corrected chi connectivity index (χ2v) is 3.54. The van der Waals surface area contributed by atoms with Crippen LogP contribution < -0.4 is 11.1 Å². The molecule has 0 aromatic heterocycles. The molecule has 0 amide bonds. The zero-order valence-electron chi connectivity index (χ0n) is 7.88. The van der Waals surface area contributed by atoms with E-state index in [1.165, 1.54) is 12.8 Å². The number of methoxy groups -OCH3 is 1. The molecule has 1 unspecified atom stereocenters. The van der Waals surface area contributed by atoms with E-state index in [2.05, 4.69) is 5.32 Å². The van der Waals surface area contributed by atoms with Gasteiger partial charge in [-0.05, 0) is 44.3 Å². The predicted molar refractivity (Wildman–Crippen MR) is 50.0 cm³/mol. The molecule has 12 heavy (non-hydrogen) atoms. The van der Waals surface area contributed by atoms with Crippen molar-refractivity contribution in [3.63, 3.8) is 0 Å². The molecule has 0 aromatic rings. The Morgan fingerprint density at radius 3 is 2.67 bits per heavy atom. The Morgan fingerprint density at radius 1 is 1.50 bits per heavy atom. The Hall–Kier alpha value is -0.120. The van der Waals surface area contributed by atoms with E-state index in [-0.39, 0.29) is 0 Å². The minimum Gasteiger partial charge on any atom is -0.384 e. The van der Waals surface area contributed by atoms with Crippen LogP contribution in [0.3, 0.4) is 0 Å². The molecule has 1 aliphatic rings. The molecule has 1 fully saturated rings. The molecular weight excluding hydrogens is 152 g/mol. The van der Waals surface area contributed by atoms with Crippen LogP contribution in [0.15, 0.2) is 0 Å². The van der Waals surface area contributed by atoms with Crippen molar-refractivity contribution in [3.05, 3.63) is 0 Å². The van der Waals surface area contributed by atoms with Crippen LogP contribution in [0.25, 0.3) is 0 Å². The molecule has 3 nitrogen and oxygen atoms in total. The number of nitrogens with two attached hydrogens (primary N) is 1. The van der Waals surface area contributed by atoms with E-state index in [0.717, 1.165) is 32.2 Å². The highest BCUT2D eigenvalue weighted by molar-refractivity contribution is 4.76. The number of hydrogen-bond acceptors (Lipinski definition) is 3. The maximum atomic E-state index is 5.69. The summed E-state index contributed by atoms with van der Waals surface area (Å²) in [5, 5.41) is 3.35. The van der Waals surface area contributed by atoms with Crippen molar-refractivity contribution in [2.75, 3.05) is 33.4 Å². The summed E-state index contributed by atoms with van der Waals surface area (Å²) in [4.78, 5) is 0. The van der Waals surface area contributed by atoms with E-state index < -0.39 is 0 Å². The molecule has 1 saturated heterocycles. The fraction of sp³-hybridized carbons (Fsp3) is 1.00. The van der Waals surface area contributed by atoms with Gasteiger partial charge in [0.2, 0.25) is 0 Å². The van der Waals surface area contributed by atoms with Crippen molar-refractivity contribution in [3.8, 4) is 0 Å². The fourth-order valence-corrected chi connectivity index (χ4v) is 1.93. The molecule has 0 saturated carbocycles. The van der Waals surface area contributed by atoms with Crippen molar-refractivity contribution in [2.24, 2.45) is 17.6 Å². The number of ether oxygens (including phenoxy) is 1. The summed E-state index contributed by atoms with van der Waals surface area (Å²) in [5.74, 6) is 1.34. The molecule has 3 N–H and O–H groups in total. The van der Waals surface area contributed by atoms with Crippen LogP contribution in [0.1, 0.15) is 12.8 Å². The monoisotopic (exact) mass is 172 g/mol. The highest BCUT2D eigenvalue weighted by Gasteiger charge is 2.21. The van der Waals surface area contributed by atoms with E-state index in [9.17, 15) is 0 Å².